The van der Waals surface area contributed by atoms with Crippen molar-refractivity contribution in [3.8, 4) is 11.6 Å². The van der Waals surface area contributed by atoms with Crippen LogP contribution < -0.4 is 5.56 Å². The van der Waals surface area contributed by atoms with Gasteiger partial charge in [0.25, 0.3) is 11.4 Å². The number of aromatic nitrogens is 5. The third-order valence-corrected chi connectivity index (χ3v) is 6.39. The van der Waals surface area contributed by atoms with Crippen molar-refractivity contribution in [3.63, 3.8) is 0 Å². The van der Waals surface area contributed by atoms with E-state index in [1.165, 1.54) is 12.1 Å². The van der Waals surface area contributed by atoms with Gasteiger partial charge in [0.1, 0.15) is 17.7 Å². The molecule has 0 saturated carbocycles. The number of benzene rings is 1. The van der Waals surface area contributed by atoms with Crippen molar-refractivity contribution in [1.29, 1.82) is 0 Å². The van der Waals surface area contributed by atoms with Crippen LogP contribution in [-0.4, -0.2) is 75.1 Å². The van der Waals surface area contributed by atoms with Crippen molar-refractivity contribution in [3.05, 3.63) is 46.5 Å². The molecule has 1 atom stereocenters. The normalized spacial score (nSPS) is 19.7. The minimum absolute atomic E-state index is 0.0744. The Kier molecular flexibility index (Phi) is 5.16. The first kappa shape index (κ1) is 20.5. The third kappa shape index (κ3) is 3.62. The van der Waals surface area contributed by atoms with Crippen molar-refractivity contribution in [2.24, 2.45) is 0 Å². The van der Waals surface area contributed by atoms with E-state index < -0.39 is 5.82 Å². The molecule has 3 aromatic heterocycles. The lowest BCUT2D eigenvalue weighted by Gasteiger charge is -2.27. The van der Waals surface area contributed by atoms with Gasteiger partial charge in [0.15, 0.2) is 11.5 Å². The summed E-state index contributed by atoms with van der Waals surface area (Å²) in [5, 5.41) is 4.09. The second-order valence-electron chi connectivity index (χ2n) is 8.37. The molecule has 2 saturated heterocycles. The predicted molar refractivity (Wildman–Crippen MR) is 116 cm³/mol. The molecule has 2 fully saturated rings. The molecule has 172 valence electrons. The van der Waals surface area contributed by atoms with E-state index in [2.05, 4.69) is 20.0 Å². The number of rotatable bonds is 5. The summed E-state index contributed by atoms with van der Waals surface area (Å²) in [6, 6.07) is 4.42. The van der Waals surface area contributed by atoms with Crippen LogP contribution in [0.1, 0.15) is 18.2 Å². The van der Waals surface area contributed by atoms with Gasteiger partial charge in [-0.2, -0.15) is 4.98 Å². The molecular weight excluding hydrogens is 431 g/mol. The fourth-order valence-corrected chi connectivity index (χ4v) is 4.57. The van der Waals surface area contributed by atoms with E-state index in [0.717, 1.165) is 19.5 Å². The highest BCUT2D eigenvalue weighted by atomic mass is 19.1. The van der Waals surface area contributed by atoms with E-state index >= 15 is 0 Å². The fraction of sp³-hybridized carbons (Fsp3) is 0.455. The summed E-state index contributed by atoms with van der Waals surface area (Å²) in [4.78, 5) is 24.8. The topological polar surface area (TPSA) is 99.9 Å². The Labute approximate surface area is 187 Å². The zero-order valence-electron chi connectivity index (χ0n) is 17.9. The van der Waals surface area contributed by atoms with E-state index in [-0.39, 0.29) is 17.4 Å². The smallest absolute Gasteiger partial charge is 0.278 e. The molecule has 4 aromatic rings. The average molecular weight is 454 g/mol. The van der Waals surface area contributed by atoms with Gasteiger partial charge in [-0.05, 0) is 24.6 Å². The van der Waals surface area contributed by atoms with E-state index in [0.29, 0.717) is 67.6 Å². The number of fused-ring (bicyclic) bond motifs is 3. The molecule has 2 aliphatic rings. The Morgan fingerprint density at radius 3 is 2.79 bits per heavy atom. The van der Waals surface area contributed by atoms with Crippen LogP contribution >= 0.6 is 0 Å². The lowest BCUT2D eigenvalue weighted by molar-refractivity contribution is 0.0364. The third-order valence-electron chi connectivity index (χ3n) is 6.39. The zero-order valence-corrected chi connectivity index (χ0v) is 17.9. The average Bonchev–Trinajstić information content (AvgIpc) is 3.59. The monoisotopic (exact) mass is 454 g/mol. The Bertz CT molecular complexity index is 1370. The summed E-state index contributed by atoms with van der Waals surface area (Å²) < 4.78 is 33.7. The molecule has 1 aromatic carbocycles. The van der Waals surface area contributed by atoms with Gasteiger partial charge in [0, 0.05) is 38.7 Å². The van der Waals surface area contributed by atoms with Gasteiger partial charge in [-0.1, -0.05) is 5.16 Å². The predicted octanol–water partition coefficient (Wildman–Crippen LogP) is 1.67. The second-order valence-corrected chi connectivity index (χ2v) is 8.37. The molecule has 2 aliphatic heterocycles. The number of ether oxygens (including phenoxy) is 2. The Morgan fingerprint density at radius 1 is 1.09 bits per heavy atom. The molecule has 33 heavy (non-hydrogen) atoms. The van der Waals surface area contributed by atoms with Gasteiger partial charge in [0.2, 0.25) is 0 Å². The Hall–Kier alpha value is -3.15. The number of hydrogen-bond acceptors (Lipinski definition) is 8. The molecule has 0 aliphatic carbocycles. The highest BCUT2D eigenvalue weighted by Crippen LogP contribution is 2.27. The number of halogens is 1. The van der Waals surface area contributed by atoms with Gasteiger partial charge in [-0.3, -0.25) is 14.1 Å². The first-order chi connectivity index (χ1) is 16.2. The van der Waals surface area contributed by atoms with E-state index in [1.54, 1.807) is 21.4 Å². The van der Waals surface area contributed by atoms with Crippen LogP contribution in [0.25, 0.3) is 28.1 Å². The number of hydrogen-bond donors (Lipinski definition) is 0. The van der Waals surface area contributed by atoms with Crippen molar-refractivity contribution >= 4 is 16.6 Å². The number of nitrogens with zero attached hydrogens (tertiary/aromatic N) is 6. The summed E-state index contributed by atoms with van der Waals surface area (Å²) in [6.07, 6.45) is 2.37. The van der Waals surface area contributed by atoms with Crippen LogP contribution in [0.2, 0.25) is 0 Å². The second kappa shape index (κ2) is 8.32. The molecule has 0 amide bonds. The van der Waals surface area contributed by atoms with Crippen LogP contribution in [0.4, 0.5) is 4.39 Å². The van der Waals surface area contributed by atoms with Crippen LogP contribution in [0.3, 0.4) is 0 Å². The van der Waals surface area contributed by atoms with E-state index in [9.17, 15) is 9.18 Å². The summed E-state index contributed by atoms with van der Waals surface area (Å²) in [6.45, 7) is 5.22. The molecule has 0 spiro atoms. The molecule has 0 N–H and O–H groups in total. The van der Waals surface area contributed by atoms with Crippen LogP contribution in [0, 0.1) is 5.82 Å². The Balaban J connectivity index is 1.46. The lowest BCUT2D eigenvalue weighted by Crippen LogP contribution is -2.39. The highest BCUT2D eigenvalue weighted by molar-refractivity contribution is 5.83. The van der Waals surface area contributed by atoms with Crippen LogP contribution in [0.15, 0.2) is 33.8 Å². The quantitative estimate of drug-likeness (QED) is 0.449. The standard InChI is InChI=1S/C22H23FN6O4/c23-15-1-2-16-17(11-15)28(5-4-27-6-9-31-10-7-27)22(30)19-18(24-13-29(16)19)21-25-20(26-33-21)14-3-8-32-12-14/h1-2,11,13-14H,3-10,12H2. The first-order valence-corrected chi connectivity index (χ1v) is 11.1. The number of imidazole rings is 1. The summed E-state index contributed by atoms with van der Waals surface area (Å²) in [5.74, 6) is 0.421. The van der Waals surface area contributed by atoms with Gasteiger partial charge >= 0.3 is 0 Å². The largest absolute Gasteiger partial charge is 0.381 e. The summed E-state index contributed by atoms with van der Waals surface area (Å²) >= 11 is 0. The highest BCUT2D eigenvalue weighted by Gasteiger charge is 2.26. The Morgan fingerprint density at radius 2 is 1.97 bits per heavy atom. The molecule has 6 rings (SSSR count). The molecule has 0 radical (unpaired) electrons. The molecule has 5 heterocycles. The summed E-state index contributed by atoms with van der Waals surface area (Å²) in [7, 11) is 0. The molecule has 10 nitrogen and oxygen atoms in total. The van der Waals surface area contributed by atoms with Crippen molar-refractivity contribution < 1.29 is 18.4 Å². The maximum Gasteiger partial charge on any atom is 0.278 e. The number of morpholine rings is 1. The van der Waals surface area contributed by atoms with Gasteiger partial charge in [0.05, 0.1) is 30.9 Å². The molecule has 0 bridgehead atoms. The van der Waals surface area contributed by atoms with E-state index in [1.807, 2.05) is 0 Å². The summed E-state index contributed by atoms with van der Waals surface area (Å²) in [5.41, 5.74) is 1.56. The molecule has 11 heteroatoms. The SMILES string of the molecule is O=c1c2c(-c3nc(C4CCOC4)no3)ncn2c2ccc(F)cc2n1CCN1CCOCC1. The zero-order chi connectivity index (χ0) is 22.4. The first-order valence-electron chi connectivity index (χ1n) is 11.1. The minimum Gasteiger partial charge on any atom is -0.381 e. The van der Waals surface area contributed by atoms with Crippen LogP contribution in [-0.2, 0) is 16.0 Å². The van der Waals surface area contributed by atoms with Gasteiger partial charge < -0.3 is 18.6 Å². The molecular formula is C22H23FN6O4. The maximum atomic E-state index is 14.2. The minimum atomic E-state index is -0.401. The van der Waals surface area contributed by atoms with Crippen molar-refractivity contribution in [1.82, 2.24) is 29.0 Å². The van der Waals surface area contributed by atoms with Crippen molar-refractivity contribution in [2.75, 3.05) is 46.1 Å². The van der Waals surface area contributed by atoms with Crippen molar-refractivity contribution in [2.45, 2.75) is 18.9 Å². The fourth-order valence-electron chi connectivity index (χ4n) is 4.57. The van der Waals surface area contributed by atoms with E-state index in [4.69, 9.17) is 14.0 Å². The lowest BCUT2D eigenvalue weighted by atomic mass is 10.1. The van der Waals surface area contributed by atoms with Crippen LogP contribution in [0.5, 0.6) is 0 Å². The molecule has 1 unspecified atom stereocenters. The maximum absolute atomic E-state index is 14.2. The van der Waals surface area contributed by atoms with Gasteiger partial charge in [-0.25, -0.2) is 9.37 Å². The van der Waals surface area contributed by atoms with Gasteiger partial charge in [-0.15, -0.1) is 0 Å².